The van der Waals surface area contributed by atoms with Crippen molar-refractivity contribution in [3.05, 3.63) is 137 Å². The van der Waals surface area contributed by atoms with Gasteiger partial charge in [0, 0.05) is 6.54 Å². The van der Waals surface area contributed by atoms with Crippen LogP contribution in [0.4, 0.5) is 0 Å². The van der Waals surface area contributed by atoms with E-state index in [1.807, 2.05) is 0 Å². The molecule has 0 atom stereocenters. The van der Waals surface area contributed by atoms with Crippen molar-refractivity contribution in [1.29, 1.82) is 0 Å². The fourth-order valence-corrected chi connectivity index (χ4v) is 4.89. The van der Waals surface area contributed by atoms with Crippen molar-refractivity contribution in [3.63, 3.8) is 0 Å². The van der Waals surface area contributed by atoms with Crippen LogP contribution < -0.4 is 10.5 Å². The minimum Gasteiger partial charge on any atom is -0.492 e. The van der Waals surface area contributed by atoms with Crippen LogP contribution in [0.1, 0.15) is 47.1 Å². The number of rotatable bonds is 9. The van der Waals surface area contributed by atoms with E-state index in [1.165, 1.54) is 58.2 Å². The summed E-state index contributed by atoms with van der Waals surface area (Å²) < 4.78 is 5.75. The Morgan fingerprint density at radius 3 is 1.80 bits per heavy atom. The molecule has 4 aromatic carbocycles. The van der Waals surface area contributed by atoms with Crippen LogP contribution in [0.3, 0.4) is 0 Å². The van der Waals surface area contributed by atoms with Gasteiger partial charge < -0.3 is 10.5 Å². The third-order valence-electron chi connectivity index (χ3n) is 6.89. The van der Waals surface area contributed by atoms with Crippen molar-refractivity contribution in [3.8, 4) is 5.75 Å². The van der Waals surface area contributed by atoms with E-state index in [1.54, 1.807) is 0 Å². The first kappa shape index (κ1) is 23.1. The zero-order valence-electron chi connectivity index (χ0n) is 20.2. The second-order valence-electron chi connectivity index (χ2n) is 9.30. The average Bonchev–Trinajstić information content (AvgIpc) is 2.89. The summed E-state index contributed by atoms with van der Waals surface area (Å²) in [5.41, 5.74) is 14.9. The van der Waals surface area contributed by atoms with Crippen LogP contribution in [-0.2, 0) is 6.42 Å². The Morgan fingerprint density at radius 2 is 1.23 bits per heavy atom. The molecule has 1 aliphatic carbocycles. The van der Waals surface area contributed by atoms with Gasteiger partial charge in [-0.15, -0.1) is 0 Å². The molecule has 1 fully saturated rings. The van der Waals surface area contributed by atoms with Crippen LogP contribution in [0.15, 0.2) is 109 Å². The number of ether oxygens (including phenoxy) is 1. The summed E-state index contributed by atoms with van der Waals surface area (Å²) in [6.07, 6.45) is 4.74. The van der Waals surface area contributed by atoms with Gasteiger partial charge in [-0.25, -0.2) is 0 Å². The Balaban J connectivity index is 1.57. The number of hydrogen-bond donors (Lipinski definition) is 1. The maximum atomic E-state index is 5.75. The molecule has 35 heavy (non-hydrogen) atoms. The number of nitrogens with two attached hydrogens (primary N) is 1. The highest BCUT2D eigenvalue weighted by molar-refractivity contribution is 5.99. The Morgan fingerprint density at radius 1 is 0.657 bits per heavy atom. The Bertz CT molecular complexity index is 1240. The molecule has 176 valence electrons. The van der Waals surface area contributed by atoms with Crippen molar-refractivity contribution >= 4 is 11.1 Å². The second-order valence-corrected chi connectivity index (χ2v) is 9.30. The highest BCUT2D eigenvalue weighted by atomic mass is 16.5. The van der Waals surface area contributed by atoms with E-state index in [0.717, 1.165) is 12.2 Å². The predicted octanol–water partition coefficient (Wildman–Crippen LogP) is 7.37. The largest absolute Gasteiger partial charge is 0.492 e. The van der Waals surface area contributed by atoms with Crippen molar-refractivity contribution < 1.29 is 4.74 Å². The van der Waals surface area contributed by atoms with Crippen molar-refractivity contribution in [1.82, 2.24) is 0 Å². The normalized spacial score (nSPS) is 14.2. The molecule has 0 spiro atoms. The summed E-state index contributed by atoms with van der Waals surface area (Å²) >= 11 is 0. The summed E-state index contributed by atoms with van der Waals surface area (Å²) in [4.78, 5) is 0. The number of benzene rings is 4. The lowest BCUT2D eigenvalue weighted by molar-refractivity contribution is 0.328. The zero-order valence-corrected chi connectivity index (χ0v) is 20.2. The van der Waals surface area contributed by atoms with E-state index in [4.69, 9.17) is 10.5 Å². The van der Waals surface area contributed by atoms with E-state index in [0.29, 0.717) is 19.1 Å². The summed E-state index contributed by atoms with van der Waals surface area (Å²) in [5, 5.41) is 0. The maximum Gasteiger partial charge on any atom is 0.119 e. The number of hydrogen-bond acceptors (Lipinski definition) is 2. The van der Waals surface area contributed by atoms with E-state index in [-0.39, 0.29) is 0 Å². The van der Waals surface area contributed by atoms with Crippen molar-refractivity contribution in [2.45, 2.75) is 25.7 Å². The molecule has 0 unspecified atom stereocenters. The minimum absolute atomic E-state index is 0.516. The van der Waals surface area contributed by atoms with Gasteiger partial charge in [0.2, 0.25) is 0 Å². The molecule has 0 bridgehead atoms. The fraction of sp³-hybridized carbons (Fsp3) is 0.212. The summed E-state index contributed by atoms with van der Waals surface area (Å²) in [7, 11) is 0. The van der Waals surface area contributed by atoms with E-state index in [2.05, 4.69) is 109 Å². The SMILES string of the molecule is NCCOc1ccc(/C(=C(\c2ccccc2)C2CCC2)c2ccc(Cc3ccccc3)cc2)cc1. The monoisotopic (exact) mass is 459 g/mol. The Labute approximate surface area is 209 Å². The third kappa shape index (κ3) is 5.55. The van der Waals surface area contributed by atoms with Crippen LogP contribution >= 0.6 is 0 Å². The predicted molar refractivity (Wildman–Crippen MR) is 146 cm³/mol. The van der Waals surface area contributed by atoms with Gasteiger partial charge in [-0.3, -0.25) is 0 Å². The molecule has 0 amide bonds. The molecule has 4 aromatic rings. The van der Waals surface area contributed by atoms with Gasteiger partial charge in [-0.05, 0) is 76.3 Å². The molecular formula is C33H33NO. The van der Waals surface area contributed by atoms with Crippen LogP contribution in [0.5, 0.6) is 5.75 Å². The van der Waals surface area contributed by atoms with E-state index in [9.17, 15) is 0 Å². The van der Waals surface area contributed by atoms with E-state index < -0.39 is 0 Å². The smallest absolute Gasteiger partial charge is 0.119 e. The number of allylic oxidation sites excluding steroid dienone is 1. The van der Waals surface area contributed by atoms with E-state index >= 15 is 0 Å². The second kappa shape index (κ2) is 11.2. The molecular weight excluding hydrogens is 426 g/mol. The van der Waals surface area contributed by atoms with Gasteiger partial charge >= 0.3 is 0 Å². The Hall–Kier alpha value is -3.62. The van der Waals surface area contributed by atoms with Gasteiger partial charge in [0.05, 0.1) is 0 Å². The van der Waals surface area contributed by atoms with Gasteiger partial charge in [0.15, 0.2) is 0 Å². The zero-order chi connectivity index (χ0) is 23.9. The van der Waals surface area contributed by atoms with Gasteiger partial charge in [-0.1, -0.05) is 103 Å². The lowest BCUT2D eigenvalue weighted by Crippen LogP contribution is -2.15. The van der Waals surface area contributed by atoms with Gasteiger partial charge in [0.25, 0.3) is 0 Å². The molecule has 0 radical (unpaired) electrons. The van der Waals surface area contributed by atoms with Crippen LogP contribution in [0.2, 0.25) is 0 Å². The molecule has 0 aliphatic heterocycles. The molecule has 2 heteroatoms. The first-order chi connectivity index (χ1) is 17.3. The highest BCUT2D eigenvalue weighted by Crippen LogP contribution is 2.45. The maximum absolute atomic E-state index is 5.75. The molecule has 0 saturated heterocycles. The highest BCUT2D eigenvalue weighted by Gasteiger charge is 2.27. The van der Waals surface area contributed by atoms with Gasteiger partial charge in [-0.2, -0.15) is 0 Å². The lowest BCUT2D eigenvalue weighted by Gasteiger charge is -2.31. The molecule has 1 saturated carbocycles. The summed E-state index contributed by atoms with van der Waals surface area (Å²) in [5.74, 6) is 1.45. The van der Waals surface area contributed by atoms with Gasteiger partial charge in [0.1, 0.15) is 12.4 Å². The average molecular weight is 460 g/mol. The fourth-order valence-electron chi connectivity index (χ4n) is 4.89. The molecule has 1 aliphatic rings. The third-order valence-corrected chi connectivity index (χ3v) is 6.89. The van der Waals surface area contributed by atoms with Crippen molar-refractivity contribution in [2.24, 2.45) is 11.7 Å². The Kier molecular flexibility index (Phi) is 7.41. The molecule has 0 aromatic heterocycles. The lowest BCUT2D eigenvalue weighted by atomic mass is 9.73. The van der Waals surface area contributed by atoms with Crippen LogP contribution in [0, 0.1) is 5.92 Å². The first-order valence-electron chi connectivity index (χ1n) is 12.7. The topological polar surface area (TPSA) is 35.2 Å². The van der Waals surface area contributed by atoms with Crippen LogP contribution in [-0.4, -0.2) is 13.2 Å². The summed E-state index contributed by atoms with van der Waals surface area (Å²) in [6, 6.07) is 39.3. The molecule has 5 rings (SSSR count). The summed E-state index contributed by atoms with van der Waals surface area (Å²) in [6.45, 7) is 1.05. The molecule has 2 N–H and O–H groups in total. The van der Waals surface area contributed by atoms with Crippen LogP contribution in [0.25, 0.3) is 11.1 Å². The standard InChI is InChI=1S/C33H33NO/c34-22-23-35-31-20-18-30(19-21-31)33(32(28-12-7-13-28)27-10-5-2-6-11-27)29-16-14-26(15-17-29)24-25-8-3-1-4-9-25/h1-6,8-11,14-21,28H,7,12-13,22-24,34H2/b33-32+. The molecule has 0 heterocycles. The first-order valence-corrected chi connectivity index (χ1v) is 12.7. The quantitative estimate of drug-likeness (QED) is 0.265. The minimum atomic E-state index is 0.516. The van der Waals surface area contributed by atoms with Crippen molar-refractivity contribution in [2.75, 3.05) is 13.2 Å². The molecule has 2 nitrogen and oxygen atoms in total.